The van der Waals surface area contributed by atoms with Gasteiger partial charge in [0.1, 0.15) is 5.56 Å². The van der Waals surface area contributed by atoms with Gasteiger partial charge in [0.05, 0.1) is 11.4 Å². The smallest absolute Gasteiger partial charge is 0.339 e. The Morgan fingerprint density at radius 2 is 2.24 bits per heavy atom. The summed E-state index contributed by atoms with van der Waals surface area (Å²) in [5.41, 5.74) is 2.39. The molecule has 1 atom stereocenters. The van der Waals surface area contributed by atoms with E-state index in [9.17, 15) is 9.90 Å². The first kappa shape index (κ1) is 15.8. The lowest BCUT2D eigenvalue weighted by Gasteiger charge is -2.20. The molecule has 1 aromatic heterocycles. The Bertz CT molecular complexity index is 528. The molecule has 2 N–H and O–H groups in total. The fourth-order valence-corrected chi connectivity index (χ4v) is 2.99. The van der Waals surface area contributed by atoms with Gasteiger partial charge >= 0.3 is 5.97 Å². The van der Waals surface area contributed by atoms with Crippen molar-refractivity contribution in [2.75, 3.05) is 25.0 Å². The number of aryl methyl sites for hydroxylation is 2. The maximum atomic E-state index is 11.4. The summed E-state index contributed by atoms with van der Waals surface area (Å²) in [7, 11) is 0. The Kier molecular flexibility index (Phi) is 4.83. The van der Waals surface area contributed by atoms with E-state index in [0.717, 1.165) is 31.7 Å². The number of nitrogens with one attached hydrogen (secondary N) is 1. The third-order valence-corrected chi connectivity index (χ3v) is 4.17. The van der Waals surface area contributed by atoms with Crippen LogP contribution in [-0.4, -0.2) is 46.6 Å². The zero-order valence-corrected chi connectivity index (χ0v) is 13.3. The number of pyridine rings is 1. The third-order valence-electron chi connectivity index (χ3n) is 4.17. The zero-order chi connectivity index (χ0) is 15.6. The normalized spacial score (nSPS) is 19.2. The molecule has 21 heavy (non-hydrogen) atoms. The van der Waals surface area contributed by atoms with Gasteiger partial charge in [0.2, 0.25) is 0 Å². The monoisotopic (exact) mass is 291 g/mol. The molecule has 0 spiro atoms. The number of nitrogens with zero attached hydrogens (tertiary/aromatic N) is 2. The summed E-state index contributed by atoms with van der Waals surface area (Å²) in [5.74, 6) is -0.347. The van der Waals surface area contributed by atoms with Gasteiger partial charge in [0.15, 0.2) is 0 Å². The van der Waals surface area contributed by atoms with E-state index >= 15 is 0 Å². The lowest BCUT2D eigenvalue weighted by Crippen LogP contribution is -2.29. The van der Waals surface area contributed by atoms with Crippen molar-refractivity contribution in [3.8, 4) is 0 Å². The van der Waals surface area contributed by atoms with E-state index in [1.807, 2.05) is 13.0 Å². The van der Waals surface area contributed by atoms with Crippen molar-refractivity contribution in [2.24, 2.45) is 5.92 Å². The second-order valence-corrected chi connectivity index (χ2v) is 6.20. The van der Waals surface area contributed by atoms with Gasteiger partial charge in [-0.15, -0.1) is 0 Å². The molecule has 0 saturated carbocycles. The molecule has 1 aliphatic rings. The molecule has 0 aliphatic carbocycles. The Morgan fingerprint density at radius 3 is 2.81 bits per heavy atom. The van der Waals surface area contributed by atoms with Crippen molar-refractivity contribution >= 4 is 11.7 Å². The SMILES string of the molecule is Cc1cc(NCC2CCN(C(C)C)C2)c(C(=O)O)c(C)n1. The fraction of sp³-hybridized carbons (Fsp3) is 0.625. The van der Waals surface area contributed by atoms with Crippen LogP contribution < -0.4 is 5.32 Å². The molecule has 1 aromatic rings. The van der Waals surface area contributed by atoms with Crippen molar-refractivity contribution in [1.29, 1.82) is 0 Å². The molecule has 116 valence electrons. The molecule has 2 heterocycles. The van der Waals surface area contributed by atoms with Gasteiger partial charge in [-0.25, -0.2) is 4.79 Å². The van der Waals surface area contributed by atoms with E-state index in [1.165, 1.54) is 0 Å². The van der Waals surface area contributed by atoms with Crippen molar-refractivity contribution in [3.63, 3.8) is 0 Å². The summed E-state index contributed by atoms with van der Waals surface area (Å²) in [4.78, 5) is 18.1. The van der Waals surface area contributed by atoms with Crippen molar-refractivity contribution in [2.45, 2.75) is 40.2 Å². The number of hydrogen-bond acceptors (Lipinski definition) is 4. The van der Waals surface area contributed by atoms with Gasteiger partial charge in [0, 0.05) is 24.8 Å². The summed E-state index contributed by atoms with van der Waals surface area (Å²) in [6.45, 7) is 11.1. The van der Waals surface area contributed by atoms with Crippen molar-refractivity contribution < 1.29 is 9.90 Å². The van der Waals surface area contributed by atoms with Crippen LogP contribution in [0.25, 0.3) is 0 Å². The Morgan fingerprint density at radius 1 is 1.52 bits per heavy atom. The molecule has 5 heteroatoms. The lowest BCUT2D eigenvalue weighted by atomic mass is 10.1. The highest BCUT2D eigenvalue weighted by molar-refractivity contribution is 5.95. The minimum absolute atomic E-state index is 0.291. The molecule has 0 amide bonds. The van der Waals surface area contributed by atoms with Gasteiger partial charge in [-0.2, -0.15) is 0 Å². The Balaban J connectivity index is 2.05. The molecule has 0 bridgehead atoms. The first-order valence-electron chi connectivity index (χ1n) is 7.58. The summed E-state index contributed by atoms with van der Waals surface area (Å²) in [6.07, 6.45) is 1.16. The van der Waals surface area contributed by atoms with Gasteiger partial charge in [0.25, 0.3) is 0 Å². The Labute approximate surface area is 126 Å². The largest absolute Gasteiger partial charge is 0.478 e. The maximum absolute atomic E-state index is 11.4. The van der Waals surface area contributed by atoms with Crippen molar-refractivity contribution in [3.05, 3.63) is 23.0 Å². The quantitative estimate of drug-likeness (QED) is 0.872. The Hall–Kier alpha value is -1.62. The highest BCUT2D eigenvalue weighted by atomic mass is 16.4. The van der Waals surface area contributed by atoms with Crippen LogP contribution in [0.15, 0.2) is 6.07 Å². The number of carboxylic acids is 1. The van der Waals surface area contributed by atoms with E-state index in [-0.39, 0.29) is 0 Å². The van der Waals surface area contributed by atoms with E-state index in [2.05, 4.69) is 29.0 Å². The number of likely N-dealkylation sites (tertiary alicyclic amines) is 1. The summed E-state index contributed by atoms with van der Waals surface area (Å²) < 4.78 is 0. The number of carboxylic acid groups (broad SMARTS) is 1. The third kappa shape index (κ3) is 3.73. The van der Waals surface area contributed by atoms with Gasteiger partial charge in [-0.1, -0.05) is 0 Å². The maximum Gasteiger partial charge on any atom is 0.339 e. The average Bonchev–Trinajstić information content (AvgIpc) is 2.83. The highest BCUT2D eigenvalue weighted by Crippen LogP contribution is 2.23. The van der Waals surface area contributed by atoms with Crippen LogP contribution in [-0.2, 0) is 0 Å². The molecule has 1 unspecified atom stereocenters. The summed E-state index contributed by atoms with van der Waals surface area (Å²) in [6, 6.07) is 2.40. The van der Waals surface area contributed by atoms with Crippen LogP contribution in [0.2, 0.25) is 0 Å². The van der Waals surface area contributed by atoms with Gasteiger partial charge in [-0.3, -0.25) is 4.98 Å². The van der Waals surface area contributed by atoms with Crippen molar-refractivity contribution in [1.82, 2.24) is 9.88 Å². The molecular formula is C16H25N3O2. The van der Waals surface area contributed by atoms with Crippen LogP contribution in [0.1, 0.15) is 42.0 Å². The van der Waals surface area contributed by atoms with E-state index in [1.54, 1.807) is 6.92 Å². The fourth-order valence-electron chi connectivity index (χ4n) is 2.99. The second-order valence-electron chi connectivity index (χ2n) is 6.20. The van der Waals surface area contributed by atoms with Crippen LogP contribution in [0.5, 0.6) is 0 Å². The van der Waals surface area contributed by atoms with Crippen LogP contribution in [0, 0.1) is 19.8 Å². The first-order valence-corrected chi connectivity index (χ1v) is 7.58. The molecule has 0 radical (unpaired) electrons. The number of anilines is 1. The molecular weight excluding hydrogens is 266 g/mol. The number of hydrogen-bond donors (Lipinski definition) is 2. The second kappa shape index (κ2) is 6.43. The predicted octanol–water partition coefficient (Wildman–Crippen LogP) is 2.54. The van der Waals surface area contributed by atoms with E-state index in [4.69, 9.17) is 0 Å². The standard InChI is InChI=1S/C16H25N3O2/c1-10(2)19-6-5-13(9-19)8-17-14-7-11(3)18-12(4)15(14)16(20)21/h7,10,13H,5-6,8-9H2,1-4H3,(H,17,18)(H,20,21). The molecule has 1 fully saturated rings. The number of aromatic carboxylic acids is 1. The first-order chi connectivity index (χ1) is 9.88. The summed E-state index contributed by atoms with van der Waals surface area (Å²) >= 11 is 0. The minimum atomic E-state index is -0.919. The van der Waals surface area contributed by atoms with E-state index < -0.39 is 5.97 Å². The van der Waals surface area contributed by atoms with Crippen LogP contribution in [0.3, 0.4) is 0 Å². The summed E-state index contributed by atoms with van der Waals surface area (Å²) in [5, 5.41) is 12.7. The number of carbonyl (C=O) groups is 1. The van der Waals surface area contributed by atoms with Gasteiger partial charge in [-0.05, 0) is 52.6 Å². The topological polar surface area (TPSA) is 65.5 Å². The lowest BCUT2D eigenvalue weighted by molar-refractivity contribution is 0.0696. The van der Waals surface area contributed by atoms with Crippen LogP contribution in [0.4, 0.5) is 5.69 Å². The molecule has 2 rings (SSSR count). The predicted molar refractivity (Wildman–Crippen MR) is 84.0 cm³/mol. The minimum Gasteiger partial charge on any atom is -0.478 e. The molecule has 0 aromatic carbocycles. The molecule has 1 saturated heterocycles. The van der Waals surface area contributed by atoms with Crippen LogP contribution >= 0.6 is 0 Å². The number of aromatic nitrogens is 1. The van der Waals surface area contributed by atoms with Gasteiger partial charge < -0.3 is 15.3 Å². The highest BCUT2D eigenvalue weighted by Gasteiger charge is 2.24. The number of rotatable bonds is 5. The zero-order valence-electron chi connectivity index (χ0n) is 13.3. The molecule has 5 nitrogen and oxygen atoms in total. The average molecular weight is 291 g/mol. The van der Waals surface area contributed by atoms with E-state index in [0.29, 0.717) is 28.9 Å². The molecule has 1 aliphatic heterocycles.